The van der Waals surface area contributed by atoms with E-state index < -0.39 is 0 Å². The zero-order chi connectivity index (χ0) is 14.8. The van der Waals surface area contributed by atoms with Gasteiger partial charge in [0, 0.05) is 6.54 Å². The van der Waals surface area contributed by atoms with E-state index in [1.165, 1.54) is 16.6 Å². The van der Waals surface area contributed by atoms with Gasteiger partial charge in [-0.1, -0.05) is 43.3 Å². The molecule has 0 spiro atoms. The molecule has 1 atom stereocenters. The number of fused-ring (bicyclic) bond motifs is 1. The summed E-state index contributed by atoms with van der Waals surface area (Å²) in [5.41, 5.74) is 4.79. The number of rotatable bonds is 4. The van der Waals surface area contributed by atoms with Gasteiger partial charge in [0.15, 0.2) is 0 Å². The van der Waals surface area contributed by atoms with Crippen molar-refractivity contribution in [2.45, 2.75) is 32.2 Å². The number of hydrogen-bond acceptors (Lipinski definition) is 1. The van der Waals surface area contributed by atoms with Gasteiger partial charge in [-0.05, 0) is 36.1 Å². The molecule has 3 rings (SSSR count). The van der Waals surface area contributed by atoms with Crippen molar-refractivity contribution < 1.29 is 0 Å². The van der Waals surface area contributed by atoms with Gasteiger partial charge in [-0.2, -0.15) is 0 Å². The van der Waals surface area contributed by atoms with Crippen molar-refractivity contribution in [2.24, 2.45) is 0 Å². The molecule has 0 saturated heterocycles. The van der Waals surface area contributed by atoms with Gasteiger partial charge in [0.05, 0.1) is 16.9 Å². The molecule has 0 N–H and O–H groups in total. The third kappa shape index (κ3) is 2.81. The SMILES string of the molecule is Cc1ccc2nc(CCl)n(CC(C)c3ccccc3)c2c1. The van der Waals surface area contributed by atoms with Crippen LogP contribution in [-0.4, -0.2) is 9.55 Å². The molecule has 1 unspecified atom stereocenters. The molecule has 0 saturated carbocycles. The van der Waals surface area contributed by atoms with Crippen molar-refractivity contribution >= 4 is 22.6 Å². The van der Waals surface area contributed by atoms with E-state index in [-0.39, 0.29) is 0 Å². The highest BCUT2D eigenvalue weighted by molar-refractivity contribution is 6.16. The first-order valence-corrected chi connectivity index (χ1v) is 7.79. The largest absolute Gasteiger partial charge is 0.326 e. The van der Waals surface area contributed by atoms with Crippen LogP contribution in [0.1, 0.15) is 29.8 Å². The maximum absolute atomic E-state index is 6.09. The van der Waals surface area contributed by atoms with Crippen LogP contribution in [0.15, 0.2) is 48.5 Å². The Bertz CT molecular complexity index is 747. The molecule has 0 radical (unpaired) electrons. The van der Waals surface area contributed by atoms with E-state index in [0.717, 1.165) is 17.9 Å². The van der Waals surface area contributed by atoms with E-state index in [9.17, 15) is 0 Å². The lowest BCUT2D eigenvalue weighted by atomic mass is 10.0. The molecular weight excluding hydrogens is 280 g/mol. The van der Waals surface area contributed by atoms with Gasteiger partial charge >= 0.3 is 0 Å². The van der Waals surface area contributed by atoms with E-state index in [0.29, 0.717) is 11.8 Å². The summed E-state index contributed by atoms with van der Waals surface area (Å²) in [4.78, 5) is 4.65. The summed E-state index contributed by atoms with van der Waals surface area (Å²) in [5, 5.41) is 0. The molecule has 3 heteroatoms. The van der Waals surface area contributed by atoms with E-state index in [2.05, 4.69) is 71.9 Å². The molecule has 0 amide bonds. The number of benzene rings is 2. The monoisotopic (exact) mass is 298 g/mol. The number of alkyl halides is 1. The van der Waals surface area contributed by atoms with Crippen molar-refractivity contribution in [3.8, 4) is 0 Å². The second-order valence-electron chi connectivity index (χ2n) is 5.58. The Labute approximate surface area is 130 Å². The number of hydrogen-bond donors (Lipinski definition) is 0. The van der Waals surface area contributed by atoms with E-state index >= 15 is 0 Å². The molecule has 0 aliphatic rings. The molecule has 0 bridgehead atoms. The van der Waals surface area contributed by atoms with Crippen LogP contribution in [0.5, 0.6) is 0 Å². The van der Waals surface area contributed by atoms with E-state index in [1.54, 1.807) is 0 Å². The van der Waals surface area contributed by atoms with Crippen molar-refractivity contribution in [2.75, 3.05) is 0 Å². The lowest BCUT2D eigenvalue weighted by Gasteiger charge is -2.15. The predicted molar refractivity (Wildman–Crippen MR) is 88.9 cm³/mol. The number of imidazole rings is 1. The number of aryl methyl sites for hydroxylation is 1. The lowest BCUT2D eigenvalue weighted by molar-refractivity contribution is 0.595. The Kier molecular flexibility index (Phi) is 3.98. The maximum Gasteiger partial charge on any atom is 0.124 e. The van der Waals surface area contributed by atoms with Crippen LogP contribution in [0.3, 0.4) is 0 Å². The predicted octanol–water partition coefficient (Wildman–Crippen LogP) is 4.89. The minimum absolute atomic E-state index is 0.422. The average molecular weight is 299 g/mol. The molecular formula is C18H19ClN2. The van der Waals surface area contributed by atoms with Crippen LogP contribution < -0.4 is 0 Å². The number of aromatic nitrogens is 2. The summed E-state index contributed by atoms with van der Waals surface area (Å²) in [6, 6.07) is 16.9. The van der Waals surface area contributed by atoms with Crippen molar-refractivity contribution in [3.05, 3.63) is 65.5 Å². The normalized spacial score (nSPS) is 12.7. The lowest BCUT2D eigenvalue weighted by Crippen LogP contribution is -2.09. The third-order valence-corrected chi connectivity index (χ3v) is 4.17. The highest BCUT2D eigenvalue weighted by atomic mass is 35.5. The van der Waals surface area contributed by atoms with Crippen LogP contribution in [0, 0.1) is 6.92 Å². The minimum atomic E-state index is 0.422. The summed E-state index contributed by atoms with van der Waals surface area (Å²) in [7, 11) is 0. The van der Waals surface area contributed by atoms with Gasteiger partial charge in [-0.15, -0.1) is 11.6 Å². The topological polar surface area (TPSA) is 17.8 Å². The molecule has 0 aliphatic heterocycles. The van der Waals surface area contributed by atoms with Gasteiger partial charge in [-0.3, -0.25) is 0 Å². The highest BCUT2D eigenvalue weighted by Gasteiger charge is 2.13. The zero-order valence-corrected chi connectivity index (χ0v) is 13.1. The number of halogens is 1. The maximum atomic E-state index is 6.09. The number of nitrogens with zero attached hydrogens (tertiary/aromatic N) is 2. The molecule has 2 nitrogen and oxygen atoms in total. The van der Waals surface area contributed by atoms with Crippen LogP contribution >= 0.6 is 11.6 Å². The average Bonchev–Trinajstić information content (AvgIpc) is 2.85. The summed E-state index contributed by atoms with van der Waals surface area (Å²) >= 11 is 6.09. The quantitative estimate of drug-likeness (QED) is 0.627. The van der Waals surface area contributed by atoms with Crippen LogP contribution in [0.2, 0.25) is 0 Å². The molecule has 3 aromatic rings. The Morgan fingerprint density at radius 1 is 1.14 bits per heavy atom. The summed E-state index contributed by atoms with van der Waals surface area (Å²) in [5.74, 6) is 1.81. The second-order valence-corrected chi connectivity index (χ2v) is 5.84. The fourth-order valence-corrected chi connectivity index (χ4v) is 2.95. The Hall–Kier alpha value is -1.80. The zero-order valence-electron chi connectivity index (χ0n) is 12.4. The second kappa shape index (κ2) is 5.90. The van der Waals surface area contributed by atoms with Gasteiger partial charge in [-0.25, -0.2) is 4.98 Å². The van der Waals surface area contributed by atoms with Gasteiger partial charge in [0.25, 0.3) is 0 Å². The summed E-state index contributed by atoms with van der Waals surface area (Å²) in [6.45, 7) is 5.25. The highest BCUT2D eigenvalue weighted by Crippen LogP contribution is 2.24. The molecule has 1 heterocycles. The Balaban J connectivity index is 2.01. The van der Waals surface area contributed by atoms with Gasteiger partial charge in [0.2, 0.25) is 0 Å². The van der Waals surface area contributed by atoms with Gasteiger partial charge in [0.1, 0.15) is 5.82 Å². The molecule has 0 aliphatic carbocycles. The first kappa shape index (κ1) is 14.2. The first-order valence-electron chi connectivity index (χ1n) is 7.25. The fraction of sp³-hybridized carbons (Fsp3) is 0.278. The smallest absolute Gasteiger partial charge is 0.124 e. The third-order valence-electron chi connectivity index (χ3n) is 3.93. The van der Waals surface area contributed by atoms with E-state index in [4.69, 9.17) is 11.6 Å². The van der Waals surface area contributed by atoms with Gasteiger partial charge < -0.3 is 4.57 Å². The molecule has 2 aromatic carbocycles. The summed E-state index contributed by atoms with van der Waals surface area (Å²) in [6.07, 6.45) is 0. The first-order chi connectivity index (χ1) is 10.2. The molecule has 21 heavy (non-hydrogen) atoms. The van der Waals surface area contributed by atoms with Crippen molar-refractivity contribution in [3.63, 3.8) is 0 Å². The van der Waals surface area contributed by atoms with E-state index in [1.807, 2.05) is 0 Å². The summed E-state index contributed by atoms with van der Waals surface area (Å²) < 4.78 is 2.26. The van der Waals surface area contributed by atoms with Crippen LogP contribution in [-0.2, 0) is 12.4 Å². The Morgan fingerprint density at radius 2 is 1.90 bits per heavy atom. The van der Waals surface area contributed by atoms with Crippen LogP contribution in [0.4, 0.5) is 0 Å². The standard InChI is InChI=1S/C18H19ClN2/c1-13-8-9-16-17(10-13)21(18(11-19)20-16)12-14(2)15-6-4-3-5-7-15/h3-10,14H,11-12H2,1-2H3. The molecule has 108 valence electrons. The van der Waals surface area contributed by atoms with Crippen molar-refractivity contribution in [1.82, 2.24) is 9.55 Å². The Morgan fingerprint density at radius 3 is 2.62 bits per heavy atom. The molecule has 0 fully saturated rings. The molecule has 1 aromatic heterocycles. The minimum Gasteiger partial charge on any atom is -0.326 e. The van der Waals surface area contributed by atoms with Crippen LogP contribution in [0.25, 0.3) is 11.0 Å². The van der Waals surface area contributed by atoms with Crippen molar-refractivity contribution in [1.29, 1.82) is 0 Å². The fourth-order valence-electron chi connectivity index (χ4n) is 2.75.